The zero-order valence-electron chi connectivity index (χ0n) is 8.68. The molecule has 0 aliphatic carbocycles. The Kier molecular flexibility index (Phi) is 4.08. The van der Waals surface area contributed by atoms with Gasteiger partial charge in [-0.2, -0.15) is 0 Å². The van der Waals surface area contributed by atoms with Crippen LogP contribution in [-0.2, 0) is 0 Å². The molecule has 0 saturated heterocycles. The average molecular weight is 315 g/mol. The highest BCUT2D eigenvalue weighted by molar-refractivity contribution is 9.10. The number of thiophene rings is 1. The molecule has 0 amide bonds. The molecule has 1 aromatic carbocycles. The fourth-order valence-corrected chi connectivity index (χ4v) is 3.66. The summed E-state index contributed by atoms with van der Waals surface area (Å²) in [6.07, 6.45) is -0.419. The van der Waals surface area contributed by atoms with E-state index in [1.807, 2.05) is 24.3 Å². The lowest BCUT2D eigenvalue weighted by molar-refractivity contribution is 0.199. The summed E-state index contributed by atoms with van der Waals surface area (Å²) in [6, 6.07) is 10.1. The van der Waals surface area contributed by atoms with Crippen molar-refractivity contribution in [3.8, 4) is 0 Å². The first-order valence-corrected chi connectivity index (χ1v) is 7.34. The number of halogens is 1. The summed E-state index contributed by atoms with van der Waals surface area (Å²) in [5, 5.41) is 11.5. The summed E-state index contributed by atoms with van der Waals surface area (Å²) < 4.78 is 2.30. The van der Waals surface area contributed by atoms with Gasteiger partial charge >= 0.3 is 0 Å². The van der Waals surface area contributed by atoms with E-state index in [4.69, 9.17) is 0 Å². The second-order valence-electron chi connectivity index (χ2n) is 3.40. The first-order chi connectivity index (χ1) is 7.66. The van der Waals surface area contributed by atoms with E-state index < -0.39 is 6.10 Å². The smallest absolute Gasteiger partial charge is 0.0762 e. The van der Waals surface area contributed by atoms with Crippen LogP contribution in [0.1, 0.15) is 18.6 Å². The highest BCUT2D eigenvalue weighted by Gasteiger charge is 2.07. The van der Waals surface area contributed by atoms with Crippen molar-refractivity contribution in [3.63, 3.8) is 0 Å². The Bertz CT molecular complexity index is 466. The van der Waals surface area contributed by atoms with E-state index in [0.717, 1.165) is 10.0 Å². The Morgan fingerprint density at radius 2 is 2.19 bits per heavy atom. The number of aliphatic hydroxyl groups excluding tert-OH is 1. The average Bonchev–Trinajstić information content (AvgIpc) is 2.73. The molecule has 0 bridgehead atoms. The van der Waals surface area contributed by atoms with Crippen molar-refractivity contribution >= 4 is 39.0 Å². The van der Waals surface area contributed by atoms with Crippen LogP contribution in [-0.4, -0.2) is 5.11 Å². The van der Waals surface area contributed by atoms with Gasteiger partial charge in [0.2, 0.25) is 0 Å². The van der Waals surface area contributed by atoms with Crippen LogP contribution in [0.5, 0.6) is 0 Å². The molecule has 2 rings (SSSR count). The number of aliphatic hydroxyl groups is 1. The van der Waals surface area contributed by atoms with Gasteiger partial charge in [0.05, 0.1) is 10.3 Å². The predicted octanol–water partition coefficient (Wildman–Crippen LogP) is 4.72. The Balaban J connectivity index is 2.23. The highest BCUT2D eigenvalue weighted by atomic mass is 79.9. The van der Waals surface area contributed by atoms with Crippen molar-refractivity contribution in [1.82, 2.24) is 0 Å². The van der Waals surface area contributed by atoms with E-state index in [-0.39, 0.29) is 0 Å². The largest absolute Gasteiger partial charge is 0.389 e. The molecular weight excluding hydrogens is 304 g/mol. The molecule has 0 spiro atoms. The molecule has 1 aromatic heterocycles. The molecule has 1 nitrogen and oxygen atoms in total. The molecule has 1 atom stereocenters. The molecule has 4 heteroatoms. The standard InChI is InChI=1S/C12H11BrOS2/c1-8(14)9-4-5-11(10(13)7-9)16-12-3-2-6-15-12/h2-8,14H,1H3. The molecule has 0 aliphatic heterocycles. The van der Waals surface area contributed by atoms with Crippen LogP contribution < -0.4 is 0 Å². The molecular formula is C12H11BrOS2. The van der Waals surface area contributed by atoms with E-state index in [0.29, 0.717) is 0 Å². The van der Waals surface area contributed by atoms with Crippen molar-refractivity contribution in [1.29, 1.82) is 0 Å². The van der Waals surface area contributed by atoms with Gasteiger partial charge in [-0.3, -0.25) is 0 Å². The Labute approximate surface area is 112 Å². The second kappa shape index (κ2) is 5.36. The van der Waals surface area contributed by atoms with E-state index >= 15 is 0 Å². The van der Waals surface area contributed by atoms with Crippen molar-refractivity contribution in [3.05, 3.63) is 45.7 Å². The van der Waals surface area contributed by atoms with Gasteiger partial charge in [-0.15, -0.1) is 11.3 Å². The Morgan fingerprint density at radius 3 is 2.75 bits per heavy atom. The van der Waals surface area contributed by atoms with Crippen LogP contribution in [0.3, 0.4) is 0 Å². The lowest BCUT2D eigenvalue weighted by Crippen LogP contribution is -1.90. The quantitative estimate of drug-likeness (QED) is 0.885. The van der Waals surface area contributed by atoms with E-state index in [2.05, 4.69) is 27.4 Å². The normalized spacial score (nSPS) is 12.7. The minimum absolute atomic E-state index is 0.419. The number of benzene rings is 1. The minimum atomic E-state index is -0.419. The van der Waals surface area contributed by atoms with E-state index in [1.54, 1.807) is 30.0 Å². The first kappa shape index (κ1) is 12.2. The SMILES string of the molecule is CC(O)c1ccc(Sc2cccs2)c(Br)c1. The van der Waals surface area contributed by atoms with Gasteiger partial charge in [-0.05, 0) is 52.0 Å². The van der Waals surface area contributed by atoms with Crippen LogP contribution in [0.4, 0.5) is 0 Å². The van der Waals surface area contributed by atoms with E-state index in [9.17, 15) is 5.11 Å². The van der Waals surface area contributed by atoms with Gasteiger partial charge in [0, 0.05) is 9.37 Å². The summed E-state index contributed by atoms with van der Waals surface area (Å²) in [7, 11) is 0. The van der Waals surface area contributed by atoms with Gasteiger partial charge < -0.3 is 5.11 Å². The third-order valence-electron chi connectivity index (χ3n) is 2.14. The van der Waals surface area contributed by atoms with Crippen LogP contribution in [0.25, 0.3) is 0 Å². The maximum absolute atomic E-state index is 9.47. The summed E-state index contributed by atoms with van der Waals surface area (Å²) >= 11 is 6.99. The molecule has 0 radical (unpaired) electrons. The van der Waals surface area contributed by atoms with Crippen molar-refractivity contribution < 1.29 is 5.11 Å². The van der Waals surface area contributed by atoms with Gasteiger partial charge in [0.15, 0.2) is 0 Å². The topological polar surface area (TPSA) is 20.2 Å². The van der Waals surface area contributed by atoms with Crippen molar-refractivity contribution in [2.75, 3.05) is 0 Å². The third-order valence-corrected chi connectivity index (χ3v) is 5.18. The number of hydrogen-bond acceptors (Lipinski definition) is 3. The molecule has 2 aromatic rings. The fourth-order valence-electron chi connectivity index (χ4n) is 1.29. The van der Waals surface area contributed by atoms with Gasteiger partial charge in [-0.1, -0.05) is 23.9 Å². The lowest BCUT2D eigenvalue weighted by atomic mass is 10.1. The van der Waals surface area contributed by atoms with Crippen LogP contribution in [0, 0.1) is 0 Å². The molecule has 0 aliphatic rings. The fraction of sp³-hybridized carbons (Fsp3) is 0.167. The van der Waals surface area contributed by atoms with Crippen LogP contribution >= 0.6 is 39.0 Å². The number of rotatable bonds is 3. The summed E-state index contributed by atoms with van der Waals surface area (Å²) in [4.78, 5) is 1.17. The summed E-state index contributed by atoms with van der Waals surface area (Å²) in [5.41, 5.74) is 0.933. The van der Waals surface area contributed by atoms with Gasteiger partial charge in [0.1, 0.15) is 0 Å². The predicted molar refractivity (Wildman–Crippen MR) is 73.2 cm³/mol. The van der Waals surface area contributed by atoms with Crippen molar-refractivity contribution in [2.24, 2.45) is 0 Å². The zero-order valence-corrected chi connectivity index (χ0v) is 11.9. The number of hydrogen-bond donors (Lipinski definition) is 1. The maximum Gasteiger partial charge on any atom is 0.0762 e. The van der Waals surface area contributed by atoms with E-state index in [1.165, 1.54) is 9.10 Å². The molecule has 1 heterocycles. The molecule has 0 fully saturated rings. The first-order valence-electron chi connectivity index (χ1n) is 4.85. The third kappa shape index (κ3) is 2.88. The van der Waals surface area contributed by atoms with Crippen LogP contribution in [0.2, 0.25) is 0 Å². The molecule has 16 heavy (non-hydrogen) atoms. The second-order valence-corrected chi connectivity index (χ2v) is 6.54. The molecule has 1 N–H and O–H groups in total. The summed E-state index contributed by atoms with van der Waals surface area (Å²) in [6.45, 7) is 1.77. The lowest BCUT2D eigenvalue weighted by Gasteiger charge is -2.08. The highest BCUT2D eigenvalue weighted by Crippen LogP contribution is 2.36. The minimum Gasteiger partial charge on any atom is -0.389 e. The maximum atomic E-state index is 9.47. The van der Waals surface area contributed by atoms with Gasteiger partial charge in [0.25, 0.3) is 0 Å². The zero-order chi connectivity index (χ0) is 11.5. The summed E-state index contributed by atoms with van der Waals surface area (Å²) in [5.74, 6) is 0. The monoisotopic (exact) mass is 314 g/mol. The molecule has 1 unspecified atom stereocenters. The Morgan fingerprint density at radius 1 is 1.38 bits per heavy atom. The van der Waals surface area contributed by atoms with Crippen LogP contribution in [0.15, 0.2) is 49.3 Å². The molecule has 0 saturated carbocycles. The van der Waals surface area contributed by atoms with Gasteiger partial charge in [-0.25, -0.2) is 0 Å². The Hall–Kier alpha value is -0.290. The molecule has 84 valence electrons. The van der Waals surface area contributed by atoms with Crippen molar-refractivity contribution in [2.45, 2.75) is 22.1 Å².